The second kappa shape index (κ2) is 12.3. The molecule has 8 rings (SSSR count). The number of nitrogens with zero attached hydrogens (tertiary/aromatic N) is 10. The van der Waals surface area contributed by atoms with Crippen LogP contribution in [0.25, 0.3) is 22.1 Å². The first-order chi connectivity index (χ1) is 23.1. The summed E-state index contributed by atoms with van der Waals surface area (Å²) in [7, 11) is 0. The van der Waals surface area contributed by atoms with E-state index in [1.165, 1.54) is 12.8 Å². The number of rotatable bonds is 8. The van der Waals surface area contributed by atoms with Crippen molar-refractivity contribution in [2.75, 3.05) is 63.8 Å². The van der Waals surface area contributed by atoms with E-state index in [0.29, 0.717) is 17.4 Å². The fraction of sp³-hybridized carbons (Fsp3) is 0.606. The van der Waals surface area contributed by atoms with Crippen LogP contribution in [0.15, 0.2) is 34.0 Å². The Morgan fingerprint density at radius 2 is 1.04 bits per heavy atom. The van der Waals surface area contributed by atoms with Crippen LogP contribution in [0.3, 0.4) is 0 Å². The average molecular weight is 785 g/mol. The number of anilines is 2. The van der Waals surface area contributed by atoms with Gasteiger partial charge < -0.3 is 20.6 Å². The van der Waals surface area contributed by atoms with Crippen molar-refractivity contribution in [1.82, 2.24) is 48.7 Å². The fourth-order valence-electron chi connectivity index (χ4n) is 8.88. The third-order valence-corrected chi connectivity index (χ3v) is 13.3. The van der Waals surface area contributed by atoms with Gasteiger partial charge in [0.15, 0.2) is 5.78 Å². The fourth-order valence-corrected chi connectivity index (χ4v) is 10.1. The predicted octanol–water partition coefficient (Wildman–Crippen LogP) is 3.82. The lowest BCUT2D eigenvalue weighted by atomic mass is 9.82. The molecule has 13 nitrogen and oxygen atoms in total. The molecule has 2 saturated heterocycles. The second-order valence-electron chi connectivity index (χ2n) is 14.1. The van der Waals surface area contributed by atoms with Gasteiger partial charge in [0.2, 0.25) is 0 Å². The summed E-state index contributed by atoms with van der Waals surface area (Å²) in [4.78, 5) is 41.6. The first-order valence-electron chi connectivity index (χ1n) is 17.2. The van der Waals surface area contributed by atoms with E-state index in [9.17, 15) is 4.79 Å². The Bertz CT molecular complexity index is 1720. The molecule has 0 radical (unpaired) electrons. The van der Waals surface area contributed by atoms with Crippen LogP contribution < -0.4 is 11.5 Å². The Morgan fingerprint density at radius 1 is 0.667 bits per heavy atom. The lowest BCUT2D eigenvalue weighted by molar-refractivity contribution is -0.133. The minimum Gasteiger partial charge on any atom is -0.383 e. The molecule has 2 atom stereocenters. The van der Waals surface area contributed by atoms with E-state index in [1.54, 1.807) is 12.7 Å². The maximum atomic E-state index is 14.0. The van der Waals surface area contributed by atoms with E-state index in [0.717, 1.165) is 109 Å². The normalized spacial score (nSPS) is 23.6. The van der Waals surface area contributed by atoms with Gasteiger partial charge >= 0.3 is 0 Å². The van der Waals surface area contributed by atoms with E-state index >= 15 is 0 Å². The van der Waals surface area contributed by atoms with E-state index in [4.69, 9.17) is 11.5 Å². The van der Waals surface area contributed by atoms with Crippen molar-refractivity contribution >= 4 is 71.3 Å². The highest BCUT2D eigenvalue weighted by Crippen LogP contribution is 2.47. The number of carbonyl (C=O) groups is 1. The predicted molar refractivity (Wildman–Crippen MR) is 193 cm³/mol. The van der Waals surface area contributed by atoms with Gasteiger partial charge in [0.1, 0.15) is 35.6 Å². The number of Topliss-reactive ketones (excluding diaryl/α,β-unsaturated/α-hetero) is 1. The Morgan fingerprint density at radius 3 is 1.38 bits per heavy atom. The highest BCUT2D eigenvalue weighted by atomic mass is 79.9. The maximum Gasteiger partial charge on any atom is 0.166 e. The lowest BCUT2D eigenvalue weighted by Gasteiger charge is -2.54. The van der Waals surface area contributed by atoms with Crippen LogP contribution in [0.1, 0.15) is 52.4 Å². The topological polar surface area (TPSA) is 143 Å². The highest BCUT2D eigenvalue weighted by molar-refractivity contribution is 9.11. The Kier molecular flexibility index (Phi) is 8.31. The van der Waals surface area contributed by atoms with Crippen molar-refractivity contribution in [3.05, 3.63) is 34.0 Å². The molecule has 2 aliphatic carbocycles. The SMILES string of the molecule is CC(C(=O)C(C)N1CCN(C2(n3cc(Br)c4c(N)ncnc43)CCC2)CC1)N1CCN(C2(n3cc(Br)c4c(N)ncnc43)CCC2)CC1. The van der Waals surface area contributed by atoms with Crippen LogP contribution in [0.4, 0.5) is 11.6 Å². The number of nitrogens with two attached hydrogens (primary N) is 2. The lowest BCUT2D eigenvalue weighted by Crippen LogP contribution is -2.64. The summed E-state index contributed by atoms with van der Waals surface area (Å²) in [5, 5.41) is 1.76. The van der Waals surface area contributed by atoms with Crippen molar-refractivity contribution in [1.29, 1.82) is 0 Å². The molecule has 4 aliphatic rings. The molecule has 4 aromatic heterocycles. The number of halogens is 2. The number of piperazine rings is 2. The molecular weight excluding hydrogens is 740 g/mol. The number of aromatic nitrogens is 6. The van der Waals surface area contributed by atoms with Gasteiger partial charge in [-0.1, -0.05) is 0 Å². The number of hydrogen-bond donors (Lipinski definition) is 2. The van der Waals surface area contributed by atoms with Crippen LogP contribution in [-0.2, 0) is 16.1 Å². The number of hydrogen-bond acceptors (Lipinski definition) is 11. The first kappa shape index (κ1) is 32.5. The van der Waals surface area contributed by atoms with Crippen LogP contribution in [0.5, 0.6) is 0 Å². The molecule has 2 unspecified atom stereocenters. The zero-order chi connectivity index (χ0) is 33.4. The molecule has 48 heavy (non-hydrogen) atoms. The highest BCUT2D eigenvalue weighted by Gasteiger charge is 2.48. The van der Waals surface area contributed by atoms with Gasteiger partial charge in [-0.2, -0.15) is 0 Å². The van der Waals surface area contributed by atoms with Crippen molar-refractivity contribution in [3.8, 4) is 0 Å². The Balaban J connectivity index is 0.902. The van der Waals surface area contributed by atoms with Gasteiger partial charge in [-0.05, 0) is 84.2 Å². The number of ketones is 1. The summed E-state index contributed by atoms with van der Waals surface area (Å²) >= 11 is 7.42. The Hall–Kier alpha value is -2.69. The van der Waals surface area contributed by atoms with Gasteiger partial charge in [0, 0.05) is 73.7 Å². The van der Waals surface area contributed by atoms with Crippen molar-refractivity contribution < 1.29 is 4.79 Å². The van der Waals surface area contributed by atoms with Crippen LogP contribution >= 0.6 is 31.9 Å². The smallest absolute Gasteiger partial charge is 0.166 e. The molecule has 4 fully saturated rings. The van der Waals surface area contributed by atoms with Crippen LogP contribution in [0, 0.1) is 0 Å². The third-order valence-electron chi connectivity index (χ3n) is 12.1. The molecule has 0 bridgehead atoms. The van der Waals surface area contributed by atoms with Gasteiger partial charge in [0.05, 0.1) is 34.2 Å². The van der Waals surface area contributed by atoms with Crippen LogP contribution in [0.2, 0.25) is 0 Å². The minimum atomic E-state index is -0.127. The zero-order valence-electron chi connectivity index (χ0n) is 27.7. The van der Waals surface area contributed by atoms with Crippen molar-refractivity contribution in [2.45, 2.75) is 75.8 Å². The molecule has 2 aliphatic heterocycles. The quantitative estimate of drug-likeness (QED) is 0.269. The molecule has 2 saturated carbocycles. The molecule has 4 aromatic rings. The standard InChI is InChI=1S/C33H44Br2N12O/c1-21(42-9-13-44(14-10-42)32(5-3-6-32)46-17-23(34)25-28(36)38-19-40-30(25)46)27(48)22(2)43-11-15-45(16-12-43)33(7-4-8-33)47-18-24(35)26-29(37)39-20-41-31(26)47/h17-22H,3-16H2,1-2H3,(H2,36,38,40)(H2,37,39,41). The summed E-state index contributed by atoms with van der Waals surface area (Å²) in [5.41, 5.74) is 14.0. The largest absolute Gasteiger partial charge is 0.383 e. The van der Waals surface area contributed by atoms with Gasteiger partial charge in [-0.25, -0.2) is 19.9 Å². The zero-order valence-corrected chi connectivity index (χ0v) is 30.8. The summed E-state index contributed by atoms with van der Waals surface area (Å²) < 4.78 is 6.50. The summed E-state index contributed by atoms with van der Waals surface area (Å²) in [6.07, 6.45) is 14.0. The summed E-state index contributed by atoms with van der Waals surface area (Å²) in [6, 6.07) is -0.253. The molecular formula is C33H44Br2N12O. The van der Waals surface area contributed by atoms with Gasteiger partial charge in [-0.3, -0.25) is 24.4 Å². The monoisotopic (exact) mass is 782 g/mol. The van der Waals surface area contributed by atoms with Gasteiger partial charge in [0.25, 0.3) is 0 Å². The van der Waals surface area contributed by atoms with Gasteiger partial charge in [-0.15, -0.1) is 0 Å². The van der Waals surface area contributed by atoms with Crippen molar-refractivity contribution in [2.24, 2.45) is 0 Å². The minimum absolute atomic E-state index is 0.113. The second-order valence-corrected chi connectivity index (χ2v) is 15.8. The summed E-state index contributed by atoms with van der Waals surface area (Å²) in [5.74, 6) is 1.31. The number of carbonyl (C=O) groups excluding carboxylic acids is 1. The number of fused-ring (bicyclic) bond motifs is 2. The average Bonchev–Trinajstić information content (AvgIpc) is 3.57. The maximum absolute atomic E-state index is 14.0. The molecule has 15 heteroatoms. The third kappa shape index (κ3) is 4.94. The number of nitrogen functional groups attached to an aromatic ring is 2. The van der Waals surface area contributed by atoms with E-state index in [2.05, 4.69) is 107 Å². The Labute approximate surface area is 297 Å². The molecule has 0 amide bonds. The molecule has 0 spiro atoms. The molecule has 6 heterocycles. The molecule has 256 valence electrons. The van der Waals surface area contributed by atoms with Crippen LogP contribution in [-0.4, -0.2) is 119 Å². The summed E-state index contributed by atoms with van der Waals surface area (Å²) in [6.45, 7) is 11.3. The first-order valence-corrected chi connectivity index (χ1v) is 18.8. The van der Waals surface area contributed by atoms with E-state index in [1.807, 2.05) is 0 Å². The van der Waals surface area contributed by atoms with E-state index < -0.39 is 0 Å². The molecule has 0 aromatic carbocycles. The van der Waals surface area contributed by atoms with Crippen molar-refractivity contribution in [3.63, 3.8) is 0 Å². The van der Waals surface area contributed by atoms with E-state index in [-0.39, 0.29) is 23.4 Å². The molecule has 4 N–H and O–H groups in total.